The number of nitrogen functional groups attached to an aromatic ring is 1. The summed E-state index contributed by atoms with van der Waals surface area (Å²) in [6.45, 7) is 4.35. The molecule has 1 heterocycles. The molecule has 6 heteroatoms. The Hall–Kier alpha value is -2.50. The van der Waals surface area contributed by atoms with Crippen LogP contribution in [0.5, 0.6) is 5.75 Å². The number of amides is 1. The van der Waals surface area contributed by atoms with Crippen molar-refractivity contribution < 1.29 is 9.90 Å². The molecule has 112 valence electrons. The summed E-state index contributed by atoms with van der Waals surface area (Å²) in [5, 5.41) is 16.4. The number of carbonyl (C=O) groups is 1. The number of rotatable bonds is 5. The summed E-state index contributed by atoms with van der Waals surface area (Å²) in [6.07, 6.45) is 1.68. The average molecular weight is 288 g/mol. The maximum atomic E-state index is 12.6. The van der Waals surface area contributed by atoms with Crippen LogP contribution in [-0.2, 0) is 6.42 Å². The number of hydrogen-bond donors (Lipinski definition) is 3. The first-order valence-electron chi connectivity index (χ1n) is 7.02. The Kier molecular flexibility index (Phi) is 4.47. The van der Waals surface area contributed by atoms with Crippen LogP contribution in [0.1, 0.15) is 36.5 Å². The molecule has 0 bridgehead atoms. The lowest BCUT2D eigenvalue weighted by atomic mass is 10.2. The standard InChI is InChI=1S/C15H20N4O2/c1-3-6-12-13(16)14(18-17-12)15(21)19(4-2)10-7-5-8-11(20)9-10/h5,7-9,20H,3-4,6,16H2,1-2H3,(H,17,18). The van der Waals surface area contributed by atoms with Gasteiger partial charge in [0.2, 0.25) is 0 Å². The van der Waals surface area contributed by atoms with Crippen molar-refractivity contribution in [2.45, 2.75) is 26.7 Å². The Morgan fingerprint density at radius 1 is 1.43 bits per heavy atom. The van der Waals surface area contributed by atoms with E-state index in [0.717, 1.165) is 18.5 Å². The summed E-state index contributed by atoms with van der Waals surface area (Å²) < 4.78 is 0. The molecule has 1 amide bonds. The molecule has 0 fully saturated rings. The Balaban J connectivity index is 2.32. The van der Waals surface area contributed by atoms with Gasteiger partial charge in [0.15, 0.2) is 5.69 Å². The molecule has 2 aromatic rings. The first-order chi connectivity index (χ1) is 10.1. The van der Waals surface area contributed by atoms with Gasteiger partial charge in [0.1, 0.15) is 5.75 Å². The molecular weight excluding hydrogens is 268 g/mol. The topological polar surface area (TPSA) is 95.2 Å². The number of benzene rings is 1. The molecular formula is C15H20N4O2. The molecule has 0 aliphatic heterocycles. The molecule has 0 saturated carbocycles. The number of H-pyrrole nitrogens is 1. The summed E-state index contributed by atoms with van der Waals surface area (Å²) in [5.74, 6) is -0.167. The van der Waals surface area contributed by atoms with Crippen molar-refractivity contribution in [2.75, 3.05) is 17.2 Å². The molecule has 1 aromatic carbocycles. The SMILES string of the molecule is CCCc1[nH]nc(C(=O)N(CC)c2cccc(O)c2)c1N. The van der Waals surface area contributed by atoms with Crippen molar-refractivity contribution in [1.29, 1.82) is 0 Å². The van der Waals surface area contributed by atoms with Crippen LogP contribution in [0.4, 0.5) is 11.4 Å². The third-order valence-electron chi connectivity index (χ3n) is 3.29. The van der Waals surface area contributed by atoms with Gasteiger partial charge in [-0.3, -0.25) is 9.89 Å². The minimum atomic E-state index is -0.279. The molecule has 1 aromatic heterocycles. The van der Waals surface area contributed by atoms with Gasteiger partial charge in [-0.15, -0.1) is 0 Å². The molecule has 0 saturated heterocycles. The third-order valence-corrected chi connectivity index (χ3v) is 3.29. The fourth-order valence-corrected chi connectivity index (χ4v) is 2.22. The Labute approximate surface area is 123 Å². The number of aromatic amines is 1. The lowest BCUT2D eigenvalue weighted by Gasteiger charge is -2.20. The molecule has 21 heavy (non-hydrogen) atoms. The number of aromatic nitrogens is 2. The van der Waals surface area contributed by atoms with Crippen LogP contribution in [0.15, 0.2) is 24.3 Å². The monoisotopic (exact) mass is 288 g/mol. The van der Waals surface area contributed by atoms with E-state index in [2.05, 4.69) is 10.2 Å². The van der Waals surface area contributed by atoms with E-state index < -0.39 is 0 Å². The summed E-state index contributed by atoms with van der Waals surface area (Å²) in [7, 11) is 0. The first kappa shape index (κ1) is 14.9. The normalized spacial score (nSPS) is 10.6. The average Bonchev–Trinajstić information content (AvgIpc) is 2.81. The number of hydrogen-bond acceptors (Lipinski definition) is 4. The van der Waals surface area contributed by atoms with E-state index in [1.807, 2.05) is 13.8 Å². The van der Waals surface area contributed by atoms with Gasteiger partial charge >= 0.3 is 0 Å². The van der Waals surface area contributed by atoms with E-state index in [1.54, 1.807) is 18.2 Å². The summed E-state index contributed by atoms with van der Waals surface area (Å²) in [4.78, 5) is 14.1. The highest BCUT2D eigenvalue weighted by molar-refractivity contribution is 6.08. The Morgan fingerprint density at radius 3 is 2.81 bits per heavy atom. The minimum absolute atomic E-state index is 0.112. The zero-order chi connectivity index (χ0) is 15.4. The van der Waals surface area contributed by atoms with Gasteiger partial charge in [-0.2, -0.15) is 5.10 Å². The number of anilines is 2. The van der Waals surface area contributed by atoms with E-state index >= 15 is 0 Å². The van der Waals surface area contributed by atoms with Gasteiger partial charge in [0.05, 0.1) is 11.4 Å². The van der Waals surface area contributed by atoms with E-state index in [-0.39, 0.29) is 17.4 Å². The van der Waals surface area contributed by atoms with Crippen LogP contribution in [0, 0.1) is 0 Å². The summed E-state index contributed by atoms with van der Waals surface area (Å²) in [5.41, 5.74) is 8.03. The zero-order valence-electron chi connectivity index (χ0n) is 12.3. The van der Waals surface area contributed by atoms with E-state index in [9.17, 15) is 9.90 Å². The molecule has 0 atom stereocenters. The summed E-state index contributed by atoms with van der Waals surface area (Å²) in [6, 6.07) is 6.55. The fraction of sp³-hybridized carbons (Fsp3) is 0.333. The minimum Gasteiger partial charge on any atom is -0.508 e. The smallest absolute Gasteiger partial charge is 0.280 e. The molecule has 0 aliphatic carbocycles. The van der Waals surface area contributed by atoms with Crippen molar-refractivity contribution in [1.82, 2.24) is 10.2 Å². The van der Waals surface area contributed by atoms with Gasteiger partial charge < -0.3 is 15.7 Å². The Morgan fingerprint density at radius 2 is 2.19 bits per heavy atom. The number of nitrogens with two attached hydrogens (primary N) is 1. The quantitative estimate of drug-likeness (QED) is 0.786. The van der Waals surface area contributed by atoms with Gasteiger partial charge in [-0.05, 0) is 25.5 Å². The van der Waals surface area contributed by atoms with Crippen molar-refractivity contribution in [3.63, 3.8) is 0 Å². The largest absolute Gasteiger partial charge is 0.508 e. The van der Waals surface area contributed by atoms with Gasteiger partial charge in [-0.25, -0.2) is 0 Å². The van der Waals surface area contributed by atoms with Crippen LogP contribution >= 0.6 is 0 Å². The lowest BCUT2D eigenvalue weighted by Crippen LogP contribution is -2.31. The van der Waals surface area contributed by atoms with Crippen molar-refractivity contribution in [3.8, 4) is 5.75 Å². The maximum absolute atomic E-state index is 12.6. The van der Waals surface area contributed by atoms with Gasteiger partial charge in [0.25, 0.3) is 5.91 Å². The lowest BCUT2D eigenvalue weighted by molar-refractivity contribution is 0.0984. The maximum Gasteiger partial charge on any atom is 0.280 e. The highest BCUT2D eigenvalue weighted by Crippen LogP contribution is 2.24. The van der Waals surface area contributed by atoms with Crippen molar-refractivity contribution in [2.24, 2.45) is 0 Å². The van der Waals surface area contributed by atoms with Crippen LogP contribution in [0.3, 0.4) is 0 Å². The van der Waals surface area contributed by atoms with Crippen LogP contribution < -0.4 is 10.6 Å². The fourth-order valence-electron chi connectivity index (χ4n) is 2.22. The second kappa shape index (κ2) is 6.30. The van der Waals surface area contributed by atoms with Crippen LogP contribution in [0.25, 0.3) is 0 Å². The van der Waals surface area contributed by atoms with Gasteiger partial charge in [-0.1, -0.05) is 19.4 Å². The molecule has 4 N–H and O–H groups in total. The van der Waals surface area contributed by atoms with Crippen LogP contribution in [0.2, 0.25) is 0 Å². The third kappa shape index (κ3) is 2.99. The van der Waals surface area contributed by atoms with Crippen molar-refractivity contribution >= 4 is 17.3 Å². The molecule has 0 radical (unpaired) electrons. The second-order valence-corrected chi connectivity index (χ2v) is 4.78. The Bertz CT molecular complexity index is 636. The highest BCUT2D eigenvalue weighted by atomic mass is 16.3. The molecule has 0 spiro atoms. The first-order valence-corrected chi connectivity index (χ1v) is 7.02. The number of nitrogens with one attached hydrogen (secondary N) is 1. The number of nitrogens with zero attached hydrogens (tertiary/aromatic N) is 2. The predicted molar refractivity (Wildman–Crippen MR) is 82.5 cm³/mol. The number of aryl methyl sites for hydroxylation is 1. The molecule has 0 unspecified atom stereocenters. The van der Waals surface area contributed by atoms with E-state index in [0.29, 0.717) is 17.9 Å². The number of aromatic hydroxyl groups is 1. The van der Waals surface area contributed by atoms with Crippen LogP contribution in [-0.4, -0.2) is 27.8 Å². The highest BCUT2D eigenvalue weighted by Gasteiger charge is 2.23. The zero-order valence-corrected chi connectivity index (χ0v) is 12.3. The van der Waals surface area contributed by atoms with E-state index in [4.69, 9.17) is 5.73 Å². The van der Waals surface area contributed by atoms with Crippen molar-refractivity contribution in [3.05, 3.63) is 35.7 Å². The number of phenolic OH excluding ortho intramolecular Hbond substituents is 1. The number of carbonyl (C=O) groups excluding carboxylic acids is 1. The summed E-state index contributed by atoms with van der Waals surface area (Å²) >= 11 is 0. The van der Waals surface area contributed by atoms with Gasteiger partial charge in [0, 0.05) is 18.3 Å². The number of phenols is 1. The predicted octanol–water partition coefficient (Wildman–Crippen LogP) is 2.32. The molecule has 0 aliphatic rings. The second-order valence-electron chi connectivity index (χ2n) is 4.78. The van der Waals surface area contributed by atoms with E-state index in [1.165, 1.54) is 11.0 Å². The molecule has 2 rings (SSSR count). The molecule has 6 nitrogen and oxygen atoms in total.